The Morgan fingerprint density at radius 1 is 1.03 bits per heavy atom. The summed E-state index contributed by atoms with van der Waals surface area (Å²) in [7, 11) is -3.65. The average Bonchev–Trinajstić information content (AvgIpc) is 2.65. The van der Waals surface area contributed by atoms with Crippen LogP contribution < -0.4 is 10.2 Å². The zero-order valence-corrected chi connectivity index (χ0v) is 19.4. The number of aryl methyl sites for hydroxylation is 3. The third kappa shape index (κ3) is 4.97. The first kappa shape index (κ1) is 23.0. The van der Waals surface area contributed by atoms with Crippen LogP contribution in [0, 0.1) is 20.8 Å². The number of amides is 2. The number of carbonyl (C=O) groups is 2. The molecule has 1 saturated heterocycles. The topological polar surface area (TPSA) is 86.8 Å². The molecule has 0 spiro atoms. The van der Waals surface area contributed by atoms with Crippen LogP contribution in [0.4, 0.5) is 5.69 Å². The second-order valence-electron chi connectivity index (χ2n) is 8.55. The SMILES string of the molecule is Cc1ccc(CNC(=O)[C@@]2(C)CN(S(C)(=O)=O)CC(=O)N2c2cc(C)cc(C)c2)cc1. The molecule has 0 saturated carbocycles. The van der Waals surface area contributed by atoms with Gasteiger partial charge in [0.1, 0.15) is 5.54 Å². The molecule has 1 fully saturated rings. The van der Waals surface area contributed by atoms with Crippen molar-refractivity contribution >= 4 is 27.5 Å². The Labute approximate surface area is 184 Å². The second-order valence-corrected chi connectivity index (χ2v) is 10.5. The van der Waals surface area contributed by atoms with Crippen LogP contribution in [0.15, 0.2) is 42.5 Å². The summed E-state index contributed by atoms with van der Waals surface area (Å²) in [6, 6.07) is 13.4. The molecular formula is C23H29N3O4S. The number of hydrogen-bond acceptors (Lipinski definition) is 4. The van der Waals surface area contributed by atoms with E-state index in [0.29, 0.717) is 5.69 Å². The van der Waals surface area contributed by atoms with Gasteiger partial charge in [0, 0.05) is 18.8 Å². The molecule has 0 aromatic heterocycles. The van der Waals surface area contributed by atoms with Gasteiger partial charge in [0.05, 0.1) is 12.8 Å². The third-order valence-electron chi connectivity index (χ3n) is 5.54. The molecule has 1 aliphatic rings. The number of anilines is 1. The van der Waals surface area contributed by atoms with Gasteiger partial charge < -0.3 is 5.32 Å². The summed E-state index contributed by atoms with van der Waals surface area (Å²) in [6.07, 6.45) is 1.05. The van der Waals surface area contributed by atoms with Crippen molar-refractivity contribution in [1.82, 2.24) is 9.62 Å². The number of rotatable bonds is 5. The van der Waals surface area contributed by atoms with Crippen LogP contribution in [0.2, 0.25) is 0 Å². The molecule has 0 radical (unpaired) electrons. The van der Waals surface area contributed by atoms with Gasteiger partial charge >= 0.3 is 0 Å². The van der Waals surface area contributed by atoms with E-state index in [1.54, 1.807) is 6.92 Å². The molecule has 31 heavy (non-hydrogen) atoms. The monoisotopic (exact) mass is 443 g/mol. The molecular weight excluding hydrogens is 414 g/mol. The van der Waals surface area contributed by atoms with Crippen molar-refractivity contribution in [3.05, 3.63) is 64.7 Å². The van der Waals surface area contributed by atoms with Crippen molar-refractivity contribution in [3.63, 3.8) is 0 Å². The average molecular weight is 444 g/mol. The number of hydrogen-bond donors (Lipinski definition) is 1. The van der Waals surface area contributed by atoms with Crippen LogP contribution in [-0.2, 0) is 26.2 Å². The minimum absolute atomic E-state index is 0.121. The zero-order chi connectivity index (χ0) is 23.0. The second kappa shape index (κ2) is 8.43. The van der Waals surface area contributed by atoms with Crippen molar-refractivity contribution in [3.8, 4) is 0 Å². The molecule has 0 bridgehead atoms. The quantitative estimate of drug-likeness (QED) is 0.768. The van der Waals surface area contributed by atoms with Gasteiger partial charge in [0.15, 0.2) is 0 Å². The minimum Gasteiger partial charge on any atom is -0.350 e. The summed E-state index contributed by atoms with van der Waals surface area (Å²) in [5.74, 6) is -0.844. The van der Waals surface area contributed by atoms with Crippen LogP contribution in [-0.4, -0.2) is 49.4 Å². The molecule has 2 aromatic carbocycles. The van der Waals surface area contributed by atoms with Gasteiger partial charge in [-0.3, -0.25) is 14.5 Å². The lowest BCUT2D eigenvalue weighted by Crippen LogP contribution is -2.70. The summed E-state index contributed by atoms with van der Waals surface area (Å²) >= 11 is 0. The van der Waals surface area contributed by atoms with Crippen molar-refractivity contribution in [2.75, 3.05) is 24.2 Å². The molecule has 2 aromatic rings. The summed E-state index contributed by atoms with van der Waals surface area (Å²) < 4.78 is 25.5. The van der Waals surface area contributed by atoms with Gasteiger partial charge in [-0.25, -0.2) is 8.42 Å². The van der Waals surface area contributed by atoms with Gasteiger partial charge in [0.25, 0.3) is 0 Å². The van der Waals surface area contributed by atoms with Crippen LogP contribution in [0.3, 0.4) is 0 Å². The predicted octanol–water partition coefficient (Wildman–Crippen LogP) is 2.30. The largest absolute Gasteiger partial charge is 0.350 e. The van der Waals surface area contributed by atoms with Crippen molar-refractivity contribution in [1.29, 1.82) is 0 Å². The van der Waals surface area contributed by atoms with E-state index in [4.69, 9.17) is 0 Å². The Kier molecular flexibility index (Phi) is 6.25. The molecule has 0 aliphatic carbocycles. The normalized spacial score (nSPS) is 20.0. The summed E-state index contributed by atoms with van der Waals surface area (Å²) in [5.41, 5.74) is 3.13. The number of sulfonamides is 1. The molecule has 8 heteroatoms. The molecule has 1 heterocycles. The van der Waals surface area contributed by atoms with Crippen molar-refractivity contribution in [2.45, 2.75) is 39.8 Å². The number of nitrogens with one attached hydrogen (secondary N) is 1. The van der Waals surface area contributed by atoms with E-state index >= 15 is 0 Å². The Morgan fingerprint density at radius 2 is 1.61 bits per heavy atom. The first-order valence-corrected chi connectivity index (χ1v) is 12.0. The fourth-order valence-corrected chi connectivity index (χ4v) is 4.79. The number of carbonyl (C=O) groups excluding carboxylic acids is 2. The molecule has 166 valence electrons. The maximum absolute atomic E-state index is 13.4. The Hall–Kier alpha value is -2.71. The lowest BCUT2D eigenvalue weighted by Gasteiger charge is -2.46. The standard InChI is InChI=1S/C23H29N3O4S/c1-16-6-8-19(9-7-16)13-24-22(28)23(4)15-25(31(5,29)30)14-21(27)26(23)20-11-17(2)10-18(3)12-20/h6-12H,13-15H2,1-5H3,(H,24,28)/t23-/m1/s1. The maximum Gasteiger partial charge on any atom is 0.247 e. The smallest absolute Gasteiger partial charge is 0.247 e. The van der Waals surface area contributed by atoms with Crippen LogP contribution in [0.25, 0.3) is 0 Å². The van der Waals surface area contributed by atoms with Crippen molar-refractivity contribution in [2.24, 2.45) is 0 Å². The predicted molar refractivity (Wildman–Crippen MR) is 121 cm³/mol. The number of piperazine rings is 1. The van der Waals surface area contributed by atoms with E-state index in [1.165, 1.54) is 4.90 Å². The highest BCUT2D eigenvalue weighted by molar-refractivity contribution is 7.88. The lowest BCUT2D eigenvalue weighted by atomic mass is 9.93. The fraction of sp³-hybridized carbons (Fsp3) is 0.391. The molecule has 1 N–H and O–H groups in total. The lowest BCUT2D eigenvalue weighted by molar-refractivity contribution is -0.133. The van der Waals surface area contributed by atoms with Gasteiger partial charge in [-0.15, -0.1) is 0 Å². The van der Waals surface area contributed by atoms with Crippen LogP contribution in [0.5, 0.6) is 0 Å². The number of benzene rings is 2. The van der Waals surface area contributed by atoms with E-state index < -0.39 is 27.4 Å². The first-order chi connectivity index (χ1) is 14.4. The highest BCUT2D eigenvalue weighted by Gasteiger charge is 2.50. The molecule has 7 nitrogen and oxygen atoms in total. The van der Waals surface area contributed by atoms with E-state index in [0.717, 1.165) is 32.8 Å². The highest BCUT2D eigenvalue weighted by Crippen LogP contribution is 2.32. The van der Waals surface area contributed by atoms with Gasteiger partial charge in [-0.05, 0) is 56.5 Å². The summed E-state index contributed by atoms with van der Waals surface area (Å²) in [5, 5.41) is 2.90. The minimum atomic E-state index is -3.65. The van der Waals surface area contributed by atoms with Crippen molar-refractivity contribution < 1.29 is 18.0 Å². The van der Waals surface area contributed by atoms with Gasteiger partial charge in [-0.1, -0.05) is 35.9 Å². The van der Waals surface area contributed by atoms with E-state index in [-0.39, 0.29) is 19.6 Å². The van der Waals surface area contributed by atoms with E-state index in [9.17, 15) is 18.0 Å². The molecule has 1 aliphatic heterocycles. The van der Waals surface area contributed by atoms with E-state index in [2.05, 4.69) is 5.32 Å². The van der Waals surface area contributed by atoms with Gasteiger partial charge in [-0.2, -0.15) is 4.31 Å². The van der Waals surface area contributed by atoms with Crippen LogP contribution in [0.1, 0.15) is 29.2 Å². The van der Waals surface area contributed by atoms with E-state index in [1.807, 2.05) is 63.2 Å². The Bertz CT molecular complexity index is 1090. The molecule has 0 unspecified atom stereocenters. The zero-order valence-electron chi connectivity index (χ0n) is 18.6. The number of nitrogens with zero attached hydrogens (tertiary/aromatic N) is 2. The maximum atomic E-state index is 13.4. The Morgan fingerprint density at radius 3 is 2.16 bits per heavy atom. The van der Waals surface area contributed by atoms with Gasteiger partial charge in [0.2, 0.25) is 21.8 Å². The highest BCUT2D eigenvalue weighted by atomic mass is 32.2. The fourth-order valence-electron chi connectivity index (χ4n) is 3.96. The molecule has 3 rings (SSSR count). The molecule has 2 amide bonds. The van der Waals surface area contributed by atoms with Crippen LogP contribution >= 0.6 is 0 Å². The summed E-state index contributed by atoms with van der Waals surface area (Å²) in [6.45, 7) is 7.30. The molecule has 1 atom stereocenters. The first-order valence-electron chi connectivity index (χ1n) is 10.1. The Balaban J connectivity index is 1.98. The third-order valence-corrected chi connectivity index (χ3v) is 6.73. The summed E-state index contributed by atoms with van der Waals surface area (Å²) in [4.78, 5) is 28.0.